The summed E-state index contributed by atoms with van der Waals surface area (Å²) in [5.41, 5.74) is -0.385. The molecule has 7 heteroatoms. The third-order valence-corrected chi connectivity index (χ3v) is 4.22. The van der Waals surface area contributed by atoms with Crippen LogP contribution < -0.4 is 4.72 Å². The van der Waals surface area contributed by atoms with Gasteiger partial charge in [-0.25, -0.2) is 13.1 Å². The summed E-state index contributed by atoms with van der Waals surface area (Å²) in [5, 5.41) is 19.0. The number of hydrogen-bond donors (Lipinski definition) is 3. The normalized spacial score (nSPS) is 16.3. The molecule has 2 atom stereocenters. The highest BCUT2D eigenvalue weighted by Gasteiger charge is 2.28. The van der Waals surface area contributed by atoms with Crippen LogP contribution in [0.2, 0.25) is 0 Å². The molecule has 0 aliphatic carbocycles. The van der Waals surface area contributed by atoms with Crippen molar-refractivity contribution in [3.63, 3.8) is 0 Å². The standard InChI is InChI=1S/C12H21NO5S/c1-12(2,3)10(15)7-9(8-14)13-19(16,17)11-5-4-6-18-11/h4-6,9-10,13-15H,7-8H2,1-3H3. The van der Waals surface area contributed by atoms with Crippen molar-refractivity contribution in [2.24, 2.45) is 5.41 Å². The smallest absolute Gasteiger partial charge is 0.274 e. The highest BCUT2D eigenvalue weighted by Crippen LogP contribution is 2.23. The number of hydrogen-bond acceptors (Lipinski definition) is 5. The molecular formula is C12H21NO5S. The van der Waals surface area contributed by atoms with E-state index in [4.69, 9.17) is 4.42 Å². The zero-order chi connectivity index (χ0) is 14.7. The fourth-order valence-electron chi connectivity index (χ4n) is 1.48. The summed E-state index contributed by atoms with van der Waals surface area (Å²) < 4.78 is 30.9. The average Bonchev–Trinajstić information content (AvgIpc) is 2.80. The van der Waals surface area contributed by atoms with Crippen LogP contribution in [0, 0.1) is 5.41 Å². The van der Waals surface area contributed by atoms with E-state index in [-0.39, 0.29) is 16.9 Å². The van der Waals surface area contributed by atoms with Crippen LogP contribution in [0.4, 0.5) is 0 Å². The Balaban J connectivity index is 2.73. The van der Waals surface area contributed by atoms with E-state index in [1.54, 1.807) is 0 Å². The number of nitrogens with one attached hydrogen (secondary N) is 1. The molecule has 0 saturated carbocycles. The Kier molecular flexibility index (Phi) is 5.14. The molecule has 1 aromatic rings. The quantitative estimate of drug-likeness (QED) is 0.717. The molecule has 19 heavy (non-hydrogen) atoms. The largest absolute Gasteiger partial charge is 0.452 e. The first-order valence-electron chi connectivity index (χ1n) is 6.01. The number of aliphatic hydroxyl groups is 2. The van der Waals surface area contributed by atoms with E-state index in [1.165, 1.54) is 18.4 Å². The molecule has 2 unspecified atom stereocenters. The van der Waals surface area contributed by atoms with Crippen molar-refractivity contribution < 1.29 is 23.0 Å². The van der Waals surface area contributed by atoms with Gasteiger partial charge in [0.15, 0.2) is 0 Å². The van der Waals surface area contributed by atoms with Crippen LogP contribution in [0.15, 0.2) is 27.9 Å². The van der Waals surface area contributed by atoms with Gasteiger partial charge in [0, 0.05) is 6.04 Å². The molecular weight excluding hydrogens is 270 g/mol. The molecule has 0 aromatic carbocycles. The maximum absolute atomic E-state index is 11.9. The zero-order valence-corrected chi connectivity index (χ0v) is 12.1. The van der Waals surface area contributed by atoms with Crippen molar-refractivity contribution in [2.75, 3.05) is 6.61 Å². The van der Waals surface area contributed by atoms with E-state index in [2.05, 4.69) is 4.72 Å². The number of rotatable bonds is 6. The van der Waals surface area contributed by atoms with Crippen molar-refractivity contribution in [1.82, 2.24) is 4.72 Å². The molecule has 1 aromatic heterocycles. The third kappa shape index (κ3) is 4.61. The Morgan fingerprint density at radius 1 is 1.42 bits per heavy atom. The summed E-state index contributed by atoms with van der Waals surface area (Å²) in [5.74, 6) is 0. The Labute approximate surface area is 113 Å². The average molecular weight is 291 g/mol. The van der Waals surface area contributed by atoms with Gasteiger partial charge in [-0.05, 0) is 24.0 Å². The molecule has 0 amide bonds. The lowest BCUT2D eigenvalue weighted by molar-refractivity contribution is 0.0420. The Morgan fingerprint density at radius 2 is 2.05 bits per heavy atom. The van der Waals surface area contributed by atoms with Crippen LogP contribution in [-0.4, -0.2) is 37.4 Å². The molecule has 0 aliphatic rings. The predicted octanol–water partition coefficient (Wildman–Crippen LogP) is 0.716. The summed E-state index contributed by atoms with van der Waals surface area (Å²) in [7, 11) is -3.81. The van der Waals surface area contributed by atoms with Crippen molar-refractivity contribution in [3.05, 3.63) is 18.4 Å². The molecule has 0 saturated heterocycles. The molecule has 0 aliphatic heterocycles. The van der Waals surface area contributed by atoms with Gasteiger partial charge in [0.1, 0.15) is 0 Å². The fraction of sp³-hybridized carbons (Fsp3) is 0.667. The minimum atomic E-state index is -3.81. The van der Waals surface area contributed by atoms with Gasteiger partial charge in [-0.1, -0.05) is 20.8 Å². The van der Waals surface area contributed by atoms with Gasteiger partial charge in [-0.2, -0.15) is 0 Å². The molecule has 0 bridgehead atoms. The lowest BCUT2D eigenvalue weighted by Crippen LogP contribution is -2.42. The molecule has 0 spiro atoms. The maximum atomic E-state index is 11.9. The van der Waals surface area contributed by atoms with E-state index in [9.17, 15) is 18.6 Å². The van der Waals surface area contributed by atoms with Gasteiger partial charge in [0.2, 0.25) is 5.09 Å². The minimum absolute atomic E-state index is 0.125. The highest BCUT2D eigenvalue weighted by molar-refractivity contribution is 7.89. The second-order valence-corrected chi connectivity index (χ2v) is 7.20. The lowest BCUT2D eigenvalue weighted by atomic mass is 9.86. The molecule has 110 valence electrons. The molecule has 3 N–H and O–H groups in total. The summed E-state index contributed by atoms with van der Waals surface area (Å²) in [4.78, 5) is 0. The van der Waals surface area contributed by atoms with Gasteiger partial charge in [0.25, 0.3) is 10.0 Å². The predicted molar refractivity (Wildman–Crippen MR) is 70.0 cm³/mol. The van der Waals surface area contributed by atoms with E-state index in [1.807, 2.05) is 20.8 Å². The van der Waals surface area contributed by atoms with Crippen LogP contribution >= 0.6 is 0 Å². The van der Waals surface area contributed by atoms with Crippen LogP contribution in [0.25, 0.3) is 0 Å². The number of aliphatic hydroxyl groups excluding tert-OH is 2. The topological polar surface area (TPSA) is 99.8 Å². The highest BCUT2D eigenvalue weighted by atomic mass is 32.2. The van der Waals surface area contributed by atoms with Gasteiger partial charge < -0.3 is 14.6 Å². The second kappa shape index (κ2) is 6.04. The van der Waals surface area contributed by atoms with Crippen molar-refractivity contribution in [2.45, 2.75) is 44.4 Å². The molecule has 6 nitrogen and oxygen atoms in total. The van der Waals surface area contributed by atoms with Crippen LogP contribution in [-0.2, 0) is 10.0 Å². The number of sulfonamides is 1. The van der Waals surface area contributed by atoms with Crippen LogP contribution in [0.3, 0.4) is 0 Å². The zero-order valence-electron chi connectivity index (χ0n) is 11.3. The fourth-order valence-corrected chi connectivity index (χ4v) is 2.64. The summed E-state index contributed by atoms with van der Waals surface area (Å²) in [6, 6.07) is 2.02. The second-order valence-electron chi connectivity index (χ2n) is 5.55. The summed E-state index contributed by atoms with van der Waals surface area (Å²) in [6.45, 7) is 5.13. The van der Waals surface area contributed by atoms with E-state index >= 15 is 0 Å². The SMILES string of the molecule is CC(C)(C)C(O)CC(CO)NS(=O)(=O)c1ccco1. The number of furan rings is 1. The first-order chi connectivity index (χ1) is 8.66. The molecule has 1 rings (SSSR count). The Hall–Kier alpha value is -0.890. The van der Waals surface area contributed by atoms with Crippen LogP contribution in [0.5, 0.6) is 0 Å². The Morgan fingerprint density at radius 3 is 2.47 bits per heavy atom. The molecule has 0 fully saturated rings. The van der Waals surface area contributed by atoms with Crippen molar-refractivity contribution in [3.8, 4) is 0 Å². The van der Waals surface area contributed by atoms with Gasteiger partial charge in [-0.15, -0.1) is 0 Å². The summed E-state index contributed by atoms with van der Waals surface area (Å²) in [6.07, 6.45) is 0.649. The molecule has 0 radical (unpaired) electrons. The maximum Gasteiger partial charge on any atom is 0.274 e. The lowest BCUT2D eigenvalue weighted by Gasteiger charge is -2.28. The van der Waals surface area contributed by atoms with Gasteiger partial charge in [0.05, 0.1) is 19.0 Å². The Bertz CT molecular complexity index is 475. The van der Waals surface area contributed by atoms with Crippen molar-refractivity contribution >= 4 is 10.0 Å². The monoisotopic (exact) mass is 291 g/mol. The van der Waals surface area contributed by atoms with Gasteiger partial charge in [-0.3, -0.25) is 0 Å². The minimum Gasteiger partial charge on any atom is -0.452 e. The van der Waals surface area contributed by atoms with E-state index in [0.29, 0.717) is 0 Å². The first-order valence-corrected chi connectivity index (χ1v) is 7.50. The van der Waals surface area contributed by atoms with Gasteiger partial charge >= 0.3 is 0 Å². The molecule has 1 heterocycles. The first kappa shape index (κ1) is 16.2. The van der Waals surface area contributed by atoms with E-state index in [0.717, 1.165) is 0 Å². The van der Waals surface area contributed by atoms with E-state index < -0.39 is 28.8 Å². The third-order valence-electron chi connectivity index (χ3n) is 2.81. The van der Waals surface area contributed by atoms with Crippen molar-refractivity contribution in [1.29, 1.82) is 0 Å². The summed E-state index contributed by atoms with van der Waals surface area (Å²) >= 11 is 0. The van der Waals surface area contributed by atoms with Crippen LogP contribution in [0.1, 0.15) is 27.2 Å².